The van der Waals surface area contributed by atoms with Crippen LogP contribution < -0.4 is 10.5 Å². The average molecular weight is 362 g/mol. The molecule has 1 saturated carbocycles. The lowest BCUT2D eigenvalue weighted by atomic mass is 9.97. The molecule has 1 aliphatic carbocycles. The van der Waals surface area contributed by atoms with E-state index in [4.69, 9.17) is 5.73 Å². The Labute approximate surface area is 128 Å². The second-order valence-corrected chi connectivity index (χ2v) is 7.80. The first-order valence-corrected chi connectivity index (χ1v) is 9.20. The summed E-state index contributed by atoms with van der Waals surface area (Å²) in [6, 6.07) is 1.49. The number of rotatable bonds is 3. The number of anilines is 1. The Balaban J connectivity index is 2.15. The van der Waals surface area contributed by atoms with Gasteiger partial charge in [-0.2, -0.15) is 0 Å². The van der Waals surface area contributed by atoms with Crippen molar-refractivity contribution in [3.05, 3.63) is 16.7 Å². The monoisotopic (exact) mass is 361 g/mol. The maximum absolute atomic E-state index is 12.4. The first-order valence-electron chi connectivity index (χ1n) is 6.92. The zero-order chi connectivity index (χ0) is 14.6. The molecule has 112 valence electrons. The molecule has 3 N–H and O–H groups in total. The van der Waals surface area contributed by atoms with Gasteiger partial charge < -0.3 is 5.73 Å². The van der Waals surface area contributed by atoms with E-state index in [1.165, 1.54) is 31.5 Å². The van der Waals surface area contributed by atoms with E-state index in [0.29, 0.717) is 4.47 Å². The highest BCUT2D eigenvalue weighted by atomic mass is 79.9. The fraction of sp³-hybridized carbons (Fsp3) is 0.615. The Hall–Kier alpha value is -0.660. The number of nitrogens with two attached hydrogens (primary N) is 1. The van der Waals surface area contributed by atoms with Crippen molar-refractivity contribution in [2.24, 2.45) is 0 Å². The number of hydrogen-bond acceptors (Lipinski definition) is 4. The van der Waals surface area contributed by atoms with Gasteiger partial charge in [0.25, 0.3) is 0 Å². The van der Waals surface area contributed by atoms with Crippen LogP contribution in [0.15, 0.2) is 21.6 Å². The molecule has 1 aromatic heterocycles. The molecule has 1 aliphatic rings. The van der Waals surface area contributed by atoms with Crippen molar-refractivity contribution < 1.29 is 8.42 Å². The number of sulfonamides is 1. The van der Waals surface area contributed by atoms with Crippen molar-refractivity contribution in [3.8, 4) is 0 Å². The summed E-state index contributed by atoms with van der Waals surface area (Å²) in [7, 11) is -3.61. The fourth-order valence-corrected chi connectivity index (χ4v) is 4.40. The van der Waals surface area contributed by atoms with Gasteiger partial charge in [-0.25, -0.2) is 18.1 Å². The molecule has 2 rings (SSSR count). The van der Waals surface area contributed by atoms with E-state index in [1.54, 1.807) is 0 Å². The maximum atomic E-state index is 12.4. The van der Waals surface area contributed by atoms with Gasteiger partial charge in [0.2, 0.25) is 10.0 Å². The molecular weight excluding hydrogens is 342 g/mol. The standard InChI is InChI=1S/C13H20BrN3O2S/c14-10-8-12(13(15)16-9-10)20(18,19)17-11-6-4-2-1-3-5-7-11/h8-9,11,17H,1-7H2,(H2,15,16). The molecule has 0 aromatic carbocycles. The van der Waals surface area contributed by atoms with Crippen LogP contribution in [0.3, 0.4) is 0 Å². The third-order valence-electron chi connectivity index (χ3n) is 3.56. The highest BCUT2D eigenvalue weighted by Crippen LogP contribution is 2.23. The van der Waals surface area contributed by atoms with E-state index in [9.17, 15) is 8.42 Å². The number of nitrogens with zero attached hydrogens (tertiary/aromatic N) is 1. The highest BCUT2D eigenvalue weighted by Gasteiger charge is 2.23. The minimum Gasteiger partial charge on any atom is -0.383 e. The molecule has 5 nitrogen and oxygen atoms in total. The van der Waals surface area contributed by atoms with Crippen LogP contribution in [-0.2, 0) is 10.0 Å². The Kier molecular flexibility index (Phi) is 5.40. The average Bonchev–Trinajstić information content (AvgIpc) is 2.35. The summed E-state index contributed by atoms with van der Waals surface area (Å²) >= 11 is 3.23. The number of hydrogen-bond donors (Lipinski definition) is 2. The van der Waals surface area contributed by atoms with Crippen LogP contribution in [0, 0.1) is 0 Å². The molecule has 0 amide bonds. The van der Waals surface area contributed by atoms with Gasteiger partial charge in [0, 0.05) is 16.7 Å². The van der Waals surface area contributed by atoms with Gasteiger partial charge in [-0.1, -0.05) is 32.1 Å². The summed E-state index contributed by atoms with van der Waals surface area (Å²) < 4.78 is 28.2. The van der Waals surface area contributed by atoms with Gasteiger partial charge in [-0.05, 0) is 34.8 Å². The lowest BCUT2D eigenvalue weighted by Crippen LogP contribution is -2.35. The highest BCUT2D eigenvalue weighted by molar-refractivity contribution is 9.10. The van der Waals surface area contributed by atoms with Crippen molar-refractivity contribution in [3.63, 3.8) is 0 Å². The molecule has 0 aliphatic heterocycles. The van der Waals surface area contributed by atoms with Gasteiger partial charge in [-0.15, -0.1) is 0 Å². The largest absolute Gasteiger partial charge is 0.383 e. The van der Waals surface area contributed by atoms with Crippen LogP contribution in [0.1, 0.15) is 44.9 Å². The van der Waals surface area contributed by atoms with Crippen molar-refractivity contribution >= 4 is 31.8 Å². The number of nitrogen functional groups attached to an aromatic ring is 1. The van der Waals surface area contributed by atoms with E-state index < -0.39 is 10.0 Å². The number of aromatic nitrogens is 1. The number of halogens is 1. The van der Waals surface area contributed by atoms with Crippen LogP contribution in [0.5, 0.6) is 0 Å². The maximum Gasteiger partial charge on any atom is 0.244 e. The summed E-state index contributed by atoms with van der Waals surface area (Å²) in [5.74, 6) is 0.0338. The molecule has 1 aromatic rings. The molecule has 7 heteroatoms. The van der Waals surface area contributed by atoms with Gasteiger partial charge >= 0.3 is 0 Å². The second-order valence-electron chi connectivity index (χ2n) is 5.20. The topological polar surface area (TPSA) is 85.1 Å². The van der Waals surface area contributed by atoms with E-state index in [1.807, 2.05) is 0 Å². The predicted molar refractivity (Wildman–Crippen MR) is 82.8 cm³/mol. The minimum absolute atomic E-state index is 0.00122. The molecule has 20 heavy (non-hydrogen) atoms. The first-order chi connectivity index (χ1) is 9.49. The van der Waals surface area contributed by atoms with E-state index in [0.717, 1.165) is 25.7 Å². The SMILES string of the molecule is Nc1ncc(Br)cc1S(=O)(=O)NC1CCCCCCC1. The molecular formula is C13H20BrN3O2S. The number of nitrogens with one attached hydrogen (secondary N) is 1. The molecule has 1 heterocycles. The zero-order valence-electron chi connectivity index (χ0n) is 11.3. The lowest BCUT2D eigenvalue weighted by molar-refractivity contribution is 0.426. The summed E-state index contributed by atoms with van der Waals surface area (Å²) in [6.07, 6.45) is 9.02. The van der Waals surface area contributed by atoms with Crippen molar-refractivity contribution in [1.29, 1.82) is 0 Å². The van der Waals surface area contributed by atoms with Crippen molar-refractivity contribution in [1.82, 2.24) is 9.71 Å². The van der Waals surface area contributed by atoms with Crippen molar-refractivity contribution in [2.45, 2.75) is 55.9 Å². The third kappa shape index (κ3) is 4.17. The summed E-state index contributed by atoms with van der Waals surface area (Å²) in [6.45, 7) is 0. The summed E-state index contributed by atoms with van der Waals surface area (Å²) in [5, 5.41) is 0. The normalized spacial score (nSPS) is 18.4. The van der Waals surface area contributed by atoms with Crippen LogP contribution in [0.25, 0.3) is 0 Å². The summed E-state index contributed by atoms with van der Waals surface area (Å²) in [4.78, 5) is 3.93. The molecule has 0 radical (unpaired) electrons. The van der Waals surface area contributed by atoms with Crippen LogP contribution >= 0.6 is 15.9 Å². The van der Waals surface area contributed by atoms with E-state index in [2.05, 4.69) is 25.6 Å². The van der Waals surface area contributed by atoms with E-state index >= 15 is 0 Å². The predicted octanol–water partition coefficient (Wildman–Crippen LogP) is 2.82. The van der Waals surface area contributed by atoms with Gasteiger partial charge in [-0.3, -0.25) is 0 Å². The summed E-state index contributed by atoms with van der Waals surface area (Å²) in [5.41, 5.74) is 5.69. The zero-order valence-corrected chi connectivity index (χ0v) is 13.7. The third-order valence-corrected chi connectivity index (χ3v) is 5.55. The molecule has 0 saturated heterocycles. The molecule has 0 spiro atoms. The fourth-order valence-electron chi connectivity index (χ4n) is 2.50. The Morgan fingerprint density at radius 2 is 1.80 bits per heavy atom. The molecule has 1 fully saturated rings. The smallest absolute Gasteiger partial charge is 0.244 e. The molecule has 0 atom stereocenters. The Bertz CT molecular complexity index is 555. The molecule has 0 bridgehead atoms. The lowest BCUT2D eigenvalue weighted by Gasteiger charge is -2.21. The quantitative estimate of drug-likeness (QED) is 0.866. The van der Waals surface area contributed by atoms with Gasteiger partial charge in [0.15, 0.2) is 0 Å². The van der Waals surface area contributed by atoms with Gasteiger partial charge in [0.05, 0.1) is 0 Å². The van der Waals surface area contributed by atoms with Crippen LogP contribution in [0.2, 0.25) is 0 Å². The van der Waals surface area contributed by atoms with E-state index in [-0.39, 0.29) is 16.8 Å². The van der Waals surface area contributed by atoms with Crippen LogP contribution in [0.4, 0.5) is 5.82 Å². The Morgan fingerprint density at radius 1 is 1.20 bits per heavy atom. The number of pyridine rings is 1. The van der Waals surface area contributed by atoms with Crippen LogP contribution in [-0.4, -0.2) is 19.4 Å². The van der Waals surface area contributed by atoms with Gasteiger partial charge in [0.1, 0.15) is 10.7 Å². The van der Waals surface area contributed by atoms with Crippen molar-refractivity contribution in [2.75, 3.05) is 5.73 Å². The first kappa shape index (κ1) is 15.7. The minimum atomic E-state index is -3.61. The molecule has 0 unspecified atom stereocenters. The Morgan fingerprint density at radius 3 is 2.45 bits per heavy atom. The second kappa shape index (κ2) is 6.87.